The Bertz CT molecular complexity index is 504. The Morgan fingerprint density at radius 1 is 1.45 bits per heavy atom. The van der Waals surface area contributed by atoms with Crippen molar-refractivity contribution in [3.8, 4) is 5.75 Å². The molecule has 1 aliphatic rings. The third-order valence-corrected chi connectivity index (χ3v) is 3.60. The van der Waals surface area contributed by atoms with Crippen molar-refractivity contribution in [3.05, 3.63) is 24.0 Å². The van der Waals surface area contributed by atoms with Crippen molar-refractivity contribution in [1.29, 1.82) is 0 Å². The summed E-state index contributed by atoms with van der Waals surface area (Å²) in [4.78, 5) is 28.4. The first kappa shape index (κ1) is 14.3. The van der Waals surface area contributed by atoms with Crippen LogP contribution in [0.25, 0.3) is 0 Å². The van der Waals surface area contributed by atoms with Crippen molar-refractivity contribution in [2.45, 2.75) is 25.7 Å². The van der Waals surface area contributed by atoms with Gasteiger partial charge in [0.15, 0.2) is 0 Å². The van der Waals surface area contributed by atoms with Crippen LogP contribution in [-0.4, -0.2) is 45.1 Å². The van der Waals surface area contributed by atoms with Crippen LogP contribution in [0.2, 0.25) is 0 Å². The van der Waals surface area contributed by atoms with Gasteiger partial charge in [0.05, 0.1) is 11.8 Å². The molecule has 6 heteroatoms. The average molecular weight is 278 g/mol. The monoisotopic (exact) mass is 278 g/mol. The molecular weight excluding hydrogens is 260 g/mol. The number of amides is 1. The Morgan fingerprint density at radius 2 is 2.25 bits per heavy atom. The number of rotatable bonds is 4. The van der Waals surface area contributed by atoms with Gasteiger partial charge in [-0.25, -0.2) is 0 Å². The quantitative estimate of drug-likeness (QED) is 0.871. The number of likely N-dealkylation sites (tertiary alicyclic amines) is 1. The fourth-order valence-corrected chi connectivity index (χ4v) is 2.55. The molecule has 0 saturated carbocycles. The second kappa shape index (κ2) is 6.36. The van der Waals surface area contributed by atoms with E-state index in [2.05, 4.69) is 4.98 Å². The van der Waals surface area contributed by atoms with E-state index < -0.39 is 5.97 Å². The minimum atomic E-state index is -0.805. The minimum Gasteiger partial charge on any atom is -0.505 e. The number of carboxylic acids is 1. The van der Waals surface area contributed by atoms with E-state index in [0.29, 0.717) is 19.5 Å². The average Bonchev–Trinajstić information content (AvgIpc) is 2.45. The van der Waals surface area contributed by atoms with Crippen molar-refractivity contribution in [3.63, 3.8) is 0 Å². The maximum atomic E-state index is 12.3. The first-order valence-corrected chi connectivity index (χ1v) is 6.72. The van der Waals surface area contributed by atoms with Gasteiger partial charge in [0.25, 0.3) is 5.91 Å². The maximum absolute atomic E-state index is 12.3. The smallest absolute Gasteiger partial charge is 0.303 e. The van der Waals surface area contributed by atoms with Gasteiger partial charge in [0.2, 0.25) is 0 Å². The molecule has 20 heavy (non-hydrogen) atoms. The molecule has 0 spiro atoms. The molecule has 0 unspecified atom stereocenters. The molecule has 2 rings (SSSR count). The molecule has 1 aliphatic heterocycles. The van der Waals surface area contributed by atoms with Gasteiger partial charge in [-0.1, -0.05) is 0 Å². The fraction of sp³-hybridized carbons (Fsp3) is 0.500. The van der Waals surface area contributed by atoms with Crippen molar-refractivity contribution in [2.75, 3.05) is 13.1 Å². The van der Waals surface area contributed by atoms with Crippen LogP contribution in [0, 0.1) is 5.92 Å². The summed E-state index contributed by atoms with van der Waals surface area (Å²) in [7, 11) is 0. The molecule has 1 aromatic heterocycles. The highest BCUT2D eigenvalue weighted by Gasteiger charge is 2.26. The van der Waals surface area contributed by atoms with Crippen LogP contribution in [0.5, 0.6) is 5.75 Å². The molecule has 1 saturated heterocycles. The van der Waals surface area contributed by atoms with E-state index in [4.69, 9.17) is 5.11 Å². The van der Waals surface area contributed by atoms with Gasteiger partial charge in [0.1, 0.15) is 5.75 Å². The van der Waals surface area contributed by atoms with Gasteiger partial charge in [-0.3, -0.25) is 14.6 Å². The van der Waals surface area contributed by atoms with Crippen molar-refractivity contribution >= 4 is 11.9 Å². The van der Waals surface area contributed by atoms with E-state index in [-0.39, 0.29) is 29.6 Å². The summed E-state index contributed by atoms with van der Waals surface area (Å²) < 4.78 is 0. The van der Waals surface area contributed by atoms with Crippen LogP contribution in [0.1, 0.15) is 36.0 Å². The molecule has 0 radical (unpaired) electrons. The topological polar surface area (TPSA) is 90.7 Å². The van der Waals surface area contributed by atoms with E-state index in [9.17, 15) is 14.7 Å². The highest BCUT2D eigenvalue weighted by Crippen LogP contribution is 2.24. The molecule has 1 aromatic rings. The number of carbonyl (C=O) groups excluding carboxylic acids is 1. The van der Waals surface area contributed by atoms with Crippen LogP contribution in [-0.2, 0) is 4.79 Å². The van der Waals surface area contributed by atoms with E-state index in [1.165, 1.54) is 18.5 Å². The normalized spacial score (nSPS) is 18.8. The van der Waals surface area contributed by atoms with Gasteiger partial charge in [-0.05, 0) is 31.2 Å². The number of pyridine rings is 1. The van der Waals surface area contributed by atoms with E-state index in [0.717, 1.165) is 12.8 Å². The summed E-state index contributed by atoms with van der Waals surface area (Å²) in [6.07, 6.45) is 5.24. The molecule has 1 atom stereocenters. The Hall–Kier alpha value is -2.11. The predicted molar refractivity (Wildman–Crippen MR) is 71.4 cm³/mol. The molecule has 2 N–H and O–H groups in total. The van der Waals surface area contributed by atoms with E-state index in [1.807, 2.05) is 0 Å². The van der Waals surface area contributed by atoms with E-state index in [1.54, 1.807) is 4.90 Å². The van der Waals surface area contributed by atoms with Crippen LogP contribution >= 0.6 is 0 Å². The number of nitrogens with zero attached hydrogens (tertiary/aromatic N) is 2. The summed E-state index contributed by atoms with van der Waals surface area (Å²) in [5, 5.41) is 18.4. The number of aromatic nitrogens is 1. The lowest BCUT2D eigenvalue weighted by atomic mass is 9.93. The summed E-state index contributed by atoms with van der Waals surface area (Å²) >= 11 is 0. The van der Waals surface area contributed by atoms with Gasteiger partial charge >= 0.3 is 5.97 Å². The Morgan fingerprint density at radius 3 is 2.95 bits per heavy atom. The predicted octanol–water partition coefficient (Wildman–Crippen LogP) is 1.50. The van der Waals surface area contributed by atoms with Gasteiger partial charge < -0.3 is 15.1 Å². The third-order valence-electron chi connectivity index (χ3n) is 3.60. The molecule has 1 amide bonds. The van der Waals surface area contributed by atoms with Crippen LogP contribution in [0.15, 0.2) is 18.5 Å². The Kier molecular flexibility index (Phi) is 4.55. The van der Waals surface area contributed by atoms with Crippen molar-refractivity contribution in [2.24, 2.45) is 5.92 Å². The summed E-state index contributed by atoms with van der Waals surface area (Å²) in [6.45, 7) is 1.19. The SMILES string of the molecule is O=C(O)CC[C@@H]1CCCN(C(=O)c2ccncc2O)C1. The molecule has 2 heterocycles. The van der Waals surface area contributed by atoms with E-state index >= 15 is 0 Å². The first-order chi connectivity index (χ1) is 9.58. The molecule has 108 valence electrons. The summed E-state index contributed by atoms with van der Waals surface area (Å²) in [6, 6.07) is 1.50. The largest absolute Gasteiger partial charge is 0.505 e. The maximum Gasteiger partial charge on any atom is 0.303 e. The number of aromatic hydroxyl groups is 1. The lowest BCUT2D eigenvalue weighted by Gasteiger charge is -2.32. The van der Waals surface area contributed by atoms with Crippen molar-refractivity contribution < 1.29 is 19.8 Å². The zero-order valence-corrected chi connectivity index (χ0v) is 11.2. The van der Waals surface area contributed by atoms with Crippen molar-refractivity contribution in [1.82, 2.24) is 9.88 Å². The highest BCUT2D eigenvalue weighted by atomic mass is 16.4. The van der Waals surface area contributed by atoms with Gasteiger partial charge in [-0.15, -0.1) is 0 Å². The van der Waals surface area contributed by atoms with Crippen LogP contribution in [0.4, 0.5) is 0 Å². The number of aliphatic carboxylic acids is 1. The van der Waals surface area contributed by atoms with Gasteiger partial charge in [0, 0.05) is 25.7 Å². The standard InChI is InChI=1S/C14H18N2O4/c17-12-8-15-6-5-11(12)14(20)16-7-1-2-10(9-16)3-4-13(18)19/h5-6,8,10,17H,1-4,7,9H2,(H,18,19)/t10-/m0/s1. The number of carboxylic acid groups (broad SMARTS) is 1. The molecule has 0 bridgehead atoms. The highest BCUT2D eigenvalue weighted by molar-refractivity contribution is 5.96. The molecular formula is C14H18N2O4. The lowest BCUT2D eigenvalue weighted by molar-refractivity contribution is -0.137. The fourth-order valence-electron chi connectivity index (χ4n) is 2.55. The molecule has 0 aliphatic carbocycles. The lowest BCUT2D eigenvalue weighted by Crippen LogP contribution is -2.40. The number of hydrogen-bond donors (Lipinski definition) is 2. The zero-order valence-electron chi connectivity index (χ0n) is 11.2. The van der Waals surface area contributed by atoms with Crippen LogP contribution in [0.3, 0.4) is 0 Å². The summed E-state index contributed by atoms with van der Waals surface area (Å²) in [5.74, 6) is -0.928. The zero-order chi connectivity index (χ0) is 14.5. The number of piperidine rings is 1. The minimum absolute atomic E-state index is 0.120. The van der Waals surface area contributed by atoms with Gasteiger partial charge in [-0.2, -0.15) is 0 Å². The molecule has 1 fully saturated rings. The Balaban J connectivity index is 2.00. The second-order valence-electron chi connectivity index (χ2n) is 5.08. The number of carbonyl (C=O) groups is 2. The van der Waals surface area contributed by atoms with Crippen LogP contribution < -0.4 is 0 Å². The molecule has 0 aromatic carbocycles. The summed E-state index contributed by atoms with van der Waals surface area (Å²) in [5.41, 5.74) is 0.249. The Labute approximate surface area is 117 Å². The first-order valence-electron chi connectivity index (χ1n) is 6.72. The number of hydrogen-bond acceptors (Lipinski definition) is 4. The second-order valence-corrected chi connectivity index (χ2v) is 5.08. The third kappa shape index (κ3) is 3.46. The molecule has 6 nitrogen and oxygen atoms in total.